The van der Waals surface area contributed by atoms with Crippen LogP contribution in [0, 0.1) is 0 Å². The van der Waals surface area contributed by atoms with Gasteiger partial charge in [-0.15, -0.1) is 0 Å². The Morgan fingerprint density at radius 2 is 0.707 bits per heavy atom. The van der Waals surface area contributed by atoms with E-state index in [2.05, 4.69) is 13.2 Å². The summed E-state index contributed by atoms with van der Waals surface area (Å²) in [5.41, 5.74) is 6.69. The SMILES string of the molecule is C=C(C)C(=O)OC(COc1ccc(-c2ccc(OCC(COc3cccc(-c4ccccc4)c3)OC(=O)C(=C)C)cc2)cc1)COc1cccc(-c2ccccc2)c1. The smallest absolute Gasteiger partial charge is 0.333 e. The Morgan fingerprint density at radius 1 is 0.397 bits per heavy atom. The summed E-state index contributed by atoms with van der Waals surface area (Å²) in [6.45, 7) is 11.0. The van der Waals surface area contributed by atoms with E-state index in [1.165, 1.54) is 0 Å². The van der Waals surface area contributed by atoms with Crippen LogP contribution in [0.15, 0.2) is 182 Å². The molecule has 2 atom stereocenters. The third-order valence-electron chi connectivity index (χ3n) is 8.91. The Kier molecular flexibility index (Phi) is 14.1. The number of ether oxygens (including phenoxy) is 6. The number of esters is 2. The normalized spacial score (nSPS) is 11.7. The van der Waals surface area contributed by atoms with Crippen LogP contribution in [0.5, 0.6) is 23.0 Å². The van der Waals surface area contributed by atoms with Gasteiger partial charge in [-0.1, -0.05) is 122 Å². The first-order chi connectivity index (χ1) is 28.2. The lowest BCUT2D eigenvalue weighted by Crippen LogP contribution is -2.31. The first kappa shape index (κ1) is 40.6. The topological polar surface area (TPSA) is 89.5 Å². The molecule has 294 valence electrons. The first-order valence-corrected chi connectivity index (χ1v) is 19.0. The van der Waals surface area contributed by atoms with Crippen molar-refractivity contribution >= 4 is 11.9 Å². The Hall–Kier alpha value is -7.06. The molecule has 0 saturated carbocycles. The molecule has 8 heteroatoms. The van der Waals surface area contributed by atoms with E-state index in [4.69, 9.17) is 28.4 Å². The molecule has 0 bridgehead atoms. The van der Waals surface area contributed by atoms with Gasteiger partial charge in [0.15, 0.2) is 12.2 Å². The summed E-state index contributed by atoms with van der Waals surface area (Å²) in [6.07, 6.45) is -1.36. The van der Waals surface area contributed by atoms with Gasteiger partial charge >= 0.3 is 11.9 Å². The van der Waals surface area contributed by atoms with Crippen LogP contribution in [0.3, 0.4) is 0 Å². The van der Waals surface area contributed by atoms with Crippen LogP contribution in [0.2, 0.25) is 0 Å². The van der Waals surface area contributed by atoms with Crippen molar-refractivity contribution in [2.45, 2.75) is 26.1 Å². The molecule has 0 heterocycles. The molecule has 0 aromatic heterocycles. The molecule has 0 spiro atoms. The molecule has 0 aliphatic carbocycles. The maximum absolute atomic E-state index is 12.4. The molecule has 6 aromatic rings. The van der Waals surface area contributed by atoms with Crippen LogP contribution >= 0.6 is 0 Å². The first-order valence-electron chi connectivity index (χ1n) is 19.0. The molecule has 0 N–H and O–H groups in total. The van der Waals surface area contributed by atoms with Crippen LogP contribution in [-0.4, -0.2) is 50.6 Å². The molecule has 2 unspecified atom stereocenters. The number of carbonyl (C=O) groups is 2. The van der Waals surface area contributed by atoms with Gasteiger partial charge in [-0.05, 0) is 95.8 Å². The zero-order valence-corrected chi connectivity index (χ0v) is 32.7. The second-order valence-corrected chi connectivity index (χ2v) is 13.7. The highest BCUT2D eigenvalue weighted by molar-refractivity contribution is 5.87. The van der Waals surface area contributed by atoms with E-state index in [-0.39, 0.29) is 37.6 Å². The summed E-state index contributed by atoms with van der Waals surface area (Å²) >= 11 is 0. The fourth-order valence-electron chi connectivity index (χ4n) is 5.77. The van der Waals surface area contributed by atoms with Crippen LogP contribution in [0.1, 0.15) is 13.8 Å². The quantitative estimate of drug-likeness (QED) is 0.0594. The third kappa shape index (κ3) is 12.0. The Labute approximate surface area is 339 Å². The highest BCUT2D eigenvalue weighted by Gasteiger charge is 2.19. The standard InChI is InChI=1S/C50H46O8/c1-35(2)49(51)57-47(33-55-45-19-11-17-41(29-45)37-13-7-5-8-14-37)31-53-43-25-21-39(22-26-43)40-23-27-44(28-24-40)54-32-48(58-50(52)36(3)4)34-56-46-20-12-18-42(30-46)38-15-9-6-10-16-38/h5-30,47-48H,1,3,31-34H2,2,4H3. The van der Waals surface area contributed by atoms with E-state index in [1.54, 1.807) is 13.8 Å². The molecule has 8 nitrogen and oxygen atoms in total. The highest BCUT2D eigenvalue weighted by Crippen LogP contribution is 2.27. The number of rotatable bonds is 19. The maximum Gasteiger partial charge on any atom is 0.333 e. The minimum Gasteiger partial charge on any atom is -0.490 e. The van der Waals surface area contributed by atoms with Gasteiger partial charge in [0.05, 0.1) is 0 Å². The van der Waals surface area contributed by atoms with E-state index in [0.29, 0.717) is 23.0 Å². The van der Waals surface area contributed by atoms with E-state index < -0.39 is 24.1 Å². The van der Waals surface area contributed by atoms with Gasteiger partial charge in [0.1, 0.15) is 49.4 Å². The van der Waals surface area contributed by atoms with Gasteiger partial charge in [-0.25, -0.2) is 9.59 Å². The van der Waals surface area contributed by atoms with Crippen molar-refractivity contribution < 1.29 is 38.0 Å². The summed E-state index contributed by atoms with van der Waals surface area (Å²) < 4.78 is 35.5. The summed E-state index contributed by atoms with van der Waals surface area (Å²) in [6, 6.07) is 50.8. The van der Waals surface area contributed by atoms with Gasteiger partial charge in [0.25, 0.3) is 0 Å². The van der Waals surface area contributed by atoms with Crippen LogP contribution in [0.4, 0.5) is 0 Å². The number of benzene rings is 6. The molecular formula is C50H46O8. The Bertz CT molecular complexity index is 2120. The predicted molar refractivity (Wildman–Crippen MR) is 227 cm³/mol. The van der Waals surface area contributed by atoms with E-state index in [9.17, 15) is 9.59 Å². The fourth-order valence-corrected chi connectivity index (χ4v) is 5.77. The van der Waals surface area contributed by atoms with Crippen molar-refractivity contribution in [2.24, 2.45) is 0 Å². The predicted octanol–water partition coefficient (Wildman–Crippen LogP) is 10.6. The van der Waals surface area contributed by atoms with Gasteiger partial charge in [0.2, 0.25) is 0 Å². The lowest BCUT2D eigenvalue weighted by molar-refractivity contribution is -0.148. The number of carbonyl (C=O) groups excluding carboxylic acids is 2. The van der Waals surface area contributed by atoms with Gasteiger partial charge < -0.3 is 28.4 Å². The molecule has 6 rings (SSSR count). The van der Waals surface area contributed by atoms with Gasteiger partial charge in [-0.3, -0.25) is 0 Å². The van der Waals surface area contributed by atoms with Crippen molar-refractivity contribution in [3.05, 3.63) is 182 Å². The lowest BCUT2D eigenvalue weighted by Gasteiger charge is -2.20. The van der Waals surface area contributed by atoms with Crippen LogP contribution < -0.4 is 18.9 Å². The van der Waals surface area contributed by atoms with Crippen molar-refractivity contribution in [2.75, 3.05) is 26.4 Å². The molecule has 0 fully saturated rings. The molecule has 0 saturated heterocycles. The third-order valence-corrected chi connectivity index (χ3v) is 8.91. The number of hydrogen-bond donors (Lipinski definition) is 0. The monoisotopic (exact) mass is 774 g/mol. The van der Waals surface area contributed by atoms with Crippen molar-refractivity contribution in [1.29, 1.82) is 0 Å². The second kappa shape index (κ2) is 20.2. The van der Waals surface area contributed by atoms with Gasteiger partial charge in [-0.2, -0.15) is 0 Å². The number of hydrogen-bond acceptors (Lipinski definition) is 8. The highest BCUT2D eigenvalue weighted by atomic mass is 16.6. The molecule has 0 aliphatic rings. The average molecular weight is 775 g/mol. The summed E-state index contributed by atoms with van der Waals surface area (Å²) in [7, 11) is 0. The van der Waals surface area contributed by atoms with Crippen LogP contribution in [-0.2, 0) is 19.1 Å². The zero-order valence-electron chi connectivity index (χ0n) is 32.7. The fraction of sp³-hybridized carbons (Fsp3) is 0.160. The molecule has 0 aliphatic heterocycles. The maximum atomic E-state index is 12.4. The Balaban J connectivity index is 1.03. The molecule has 6 aromatic carbocycles. The van der Waals surface area contributed by atoms with E-state index >= 15 is 0 Å². The summed E-state index contributed by atoms with van der Waals surface area (Å²) in [5, 5.41) is 0. The second-order valence-electron chi connectivity index (χ2n) is 13.7. The van der Waals surface area contributed by atoms with Crippen molar-refractivity contribution in [1.82, 2.24) is 0 Å². The largest absolute Gasteiger partial charge is 0.490 e. The minimum absolute atomic E-state index is 0.0799. The molecule has 0 radical (unpaired) electrons. The van der Waals surface area contributed by atoms with E-state index in [0.717, 1.165) is 33.4 Å². The zero-order chi connectivity index (χ0) is 40.7. The molecular weight excluding hydrogens is 729 g/mol. The summed E-state index contributed by atoms with van der Waals surface area (Å²) in [5.74, 6) is 1.49. The van der Waals surface area contributed by atoms with Crippen molar-refractivity contribution in [3.8, 4) is 56.4 Å². The van der Waals surface area contributed by atoms with Gasteiger partial charge in [0, 0.05) is 11.1 Å². The molecule has 58 heavy (non-hydrogen) atoms. The lowest BCUT2D eigenvalue weighted by atomic mass is 10.1. The van der Waals surface area contributed by atoms with Crippen LogP contribution in [0.25, 0.3) is 33.4 Å². The minimum atomic E-state index is -0.682. The van der Waals surface area contributed by atoms with Crippen molar-refractivity contribution in [3.63, 3.8) is 0 Å². The van der Waals surface area contributed by atoms with E-state index in [1.807, 2.05) is 158 Å². The summed E-state index contributed by atoms with van der Waals surface area (Å²) in [4.78, 5) is 24.9. The Morgan fingerprint density at radius 3 is 1.05 bits per heavy atom. The molecule has 0 amide bonds. The average Bonchev–Trinajstić information content (AvgIpc) is 3.26.